The Morgan fingerprint density at radius 2 is 2.36 bits per heavy atom. The van der Waals surface area contributed by atoms with Crippen molar-refractivity contribution >= 4 is 0 Å². The van der Waals surface area contributed by atoms with Crippen LogP contribution in [-0.2, 0) is 4.74 Å². The Hall–Kier alpha value is -0.500. The second kappa shape index (κ2) is 6.07. The van der Waals surface area contributed by atoms with Crippen molar-refractivity contribution in [3.63, 3.8) is 0 Å². The first-order chi connectivity index (χ1) is 6.77. The van der Waals surface area contributed by atoms with Crippen LogP contribution in [0.1, 0.15) is 39.5 Å². The molecule has 0 fully saturated rings. The van der Waals surface area contributed by atoms with Gasteiger partial charge in [0.25, 0.3) is 0 Å². The zero-order valence-electron chi connectivity index (χ0n) is 9.68. The minimum atomic E-state index is 0.519. The van der Waals surface area contributed by atoms with Crippen molar-refractivity contribution in [2.45, 2.75) is 45.6 Å². The van der Waals surface area contributed by atoms with Crippen molar-refractivity contribution in [1.29, 1.82) is 0 Å². The lowest BCUT2D eigenvalue weighted by Gasteiger charge is -2.25. The van der Waals surface area contributed by atoms with E-state index in [1.54, 1.807) is 0 Å². The van der Waals surface area contributed by atoms with Crippen LogP contribution in [0.3, 0.4) is 0 Å². The van der Waals surface area contributed by atoms with Gasteiger partial charge >= 0.3 is 0 Å². The average molecular weight is 197 g/mol. The molecule has 1 rings (SSSR count). The van der Waals surface area contributed by atoms with Crippen molar-refractivity contribution in [3.05, 3.63) is 11.8 Å². The molecule has 0 saturated carbocycles. The highest BCUT2D eigenvalue weighted by molar-refractivity contribution is 5.09. The molecule has 0 radical (unpaired) electrons. The SMILES string of the molecule is CCC(C)CC(NC)C1=COCCC1. The molecule has 1 N–H and O–H groups in total. The number of ether oxygens (including phenoxy) is 1. The number of likely N-dealkylation sites (N-methyl/N-ethyl adjacent to an activating group) is 1. The molecule has 0 bridgehead atoms. The Balaban J connectivity index is 2.47. The average Bonchev–Trinajstić information content (AvgIpc) is 2.26. The van der Waals surface area contributed by atoms with E-state index >= 15 is 0 Å². The van der Waals surface area contributed by atoms with E-state index in [9.17, 15) is 0 Å². The van der Waals surface area contributed by atoms with E-state index in [4.69, 9.17) is 4.74 Å². The van der Waals surface area contributed by atoms with Gasteiger partial charge in [-0.15, -0.1) is 0 Å². The molecule has 2 atom stereocenters. The molecular weight excluding hydrogens is 174 g/mol. The highest BCUT2D eigenvalue weighted by atomic mass is 16.5. The summed E-state index contributed by atoms with van der Waals surface area (Å²) in [5.74, 6) is 0.787. The molecule has 1 heterocycles. The molecule has 14 heavy (non-hydrogen) atoms. The van der Waals surface area contributed by atoms with E-state index in [1.807, 2.05) is 13.3 Å². The van der Waals surface area contributed by atoms with E-state index in [-0.39, 0.29) is 0 Å². The topological polar surface area (TPSA) is 21.3 Å². The highest BCUT2D eigenvalue weighted by Crippen LogP contribution is 2.21. The standard InChI is InChI=1S/C12H23NO/c1-4-10(2)8-12(13-3)11-6-5-7-14-9-11/h9-10,12-13H,4-8H2,1-3H3. The van der Waals surface area contributed by atoms with E-state index in [2.05, 4.69) is 19.2 Å². The van der Waals surface area contributed by atoms with Gasteiger partial charge in [0.2, 0.25) is 0 Å². The van der Waals surface area contributed by atoms with Crippen LogP contribution in [-0.4, -0.2) is 19.7 Å². The Morgan fingerprint density at radius 3 is 2.86 bits per heavy atom. The summed E-state index contributed by atoms with van der Waals surface area (Å²) in [6, 6.07) is 0.519. The summed E-state index contributed by atoms with van der Waals surface area (Å²) in [7, 11) is 2.04. The van der Waals surface area contributed by atoms with Crippen LogP contribution in [0, 0.1) is 5.92 Å². The van der Waals surface area contributed by atoms with Crippen molar-refractivity contribution in [1.82, 2.24) is 5.32 Å². The normalized spacial score (nSPS) is 20.9. The molecule has 0 aromatic heterocycles. The molecular formula is C12H23NO. The van der Waals surface area contributed by atoms with Gasteiger partial charge in [-0.3, -0.25) is 0 Å². The summed E-state index contributed by atoms with van der Waals surface area (Å²) in [4.78, 5) is 0. The Kier molecular flexibility index (Phi) is 5.02. The maximum Gasteiger partial charge on any atom is 0.0876 e. The lowest BCUT2D eigenvalue weighted by Crippen LogP contribution is -2.30. The molecule has 0 aliphatic carbocycles. The molecule has 1 aliphatic rings. The van der Waals surface area contributed by atoms with Crippen LogP contribution < -0.4 is 5.32 Å². The van der Waals surface area contributed by atoms with Crippen molar-refractivity contribution < 1.29 is 4.74 Å². The lowest BCUT2D eigenvalue weighted by molar-refractivity contribution is 0.217. The Labute approximate surface area is 87.7 Å². The molecule has 82 valence electrons. The van der Waals surface area contributed by atoms with Crippen LogP contribution in [0.5, 0.6) is 0 Å². The van der Waals surface area contributed by atoms with E-state index in [0.717, 1.165) is 12.5 Å². The van der Waals surface area contributed by atoms with Gasteiger partial charge in [-0.25, -0.2) is 0 Å². The molecule has 2 unspecified atom stereocenters. The van der Waals surface area contributed by atoms with Crippen molar-refractivity contribution in [2.75, 3.05) is 13.7 Å². The van der Waals surface area contributed by atoms with Gasteiger partial charge in [-0.05, 0) is 37.8 Å². The quantitative estimate of drug-likeness (QED) is 0.731. The van der Waals surface area contributed by atoms with Crippen LogP contribution in [0.25, 0.3) is 0 Å². The minimum absolute atomic E-state index is 0.519. The fourth-order valence-corrected chi connectivity index (χ4v) is 1.86. The van der Waals surface area contributed by atoms with Gasteiger partial charge in [-0.1, -0.05) is 20.3 Å². The Morgan fingerprint density at radius 1 is 1.57 bits per heavy atom. The molecule has 0 aromatic rings. The molecule has 0 amide bonds. The fraction of sp³-hybridized carbons (Fsp3) is 0.833. The molecule has 2 nitrogen and oxygen atoms in total. The third-order valence-corrected chi connectivity index (χ3v) is 3.09. The number of nitrogens with one attached hydrogen (secondary N) is 1. The van der Waals surface area contributed by atoms with Crippen LogP contribution in [0.2, 0.25) is 0 Å². The molecule has 2 heteroatoms. The number of rotatable bonds is 5. The fourth-order valence-electron chi connectivity index (χ4n) is 1.86. The number of hydrogen-bond acceptors (Lipinski definition) is 2. The summed E-state index contributed by atoms with van der Waals surface area (Å²) < 4.78 is 5.38. The van der Waals surface area contributed by atoms with E-state index in [1.165, 1.54) is 31.3 Å². The van der Waals surface area contributed by atoms with Crippen LogP contribution in [0.4, 0.5) is 0 Å². The van der Waals surface area contributed by atoms with Gasteiger partial charge in [0.05, 0.1) is 12.9 Å². The van der Waals surface area contributed by atoms with Crippen LogP contribution in [0.15, 0.2) is 11.8 Å². The van der Waals surface area contributed by atoms with Gasteiger partial charge in [0, 0.05) is 6.04 Å². The minimum Gasteiger partial charge on any atom is -0.501 e. The third-order valence-electron chi connectivity index (χ3n) is 3.09. The van der Waals surface area contributed by atoms with Gasteiger partial charge < -0.3 is 10.1 Å². The van der Waals surface area contributed by atoms with E-state index in [0.29, 0.717) is 6.04 Å². The van der Waals surface area contributed by atoms with Gasteiger partial charge in [0.15, 0.2) is 0 Å². The second-order valence-corrected chi connectivity index (χ2v) is 4.26. The smallest absolute Gasteiger partial charge is 0.0876 e. The summed E-state index contributed by atoms with van der Waals surface area (Å²) in [6.45, 7) is 5.46. The Bertz CT molecular complexity index is 189. The first kappa shape index (κ1) is 11.6. The van der Waals surface area contributed by atoms with Gasteiger partial charge in [-0.2, -0.15) is 0 Å². The highest BCUT2D eigenvalue weighted by Gasteiger charge is 2.17. The summed E-state index contributed by atoms with van der Waals surface area (Å²) in [6.07, 6.45) is 6.81. The molecule has 0 saturated heterocycles. The lowest BCUT2D eigenvalue weighted by atomic mass is 9.92. The predicted molar refractivity (Wildman–Crippen MR) is 60.2 cm³/mol. The molecule has 1 aliphatic heterocycles. The first-order valence-electron chi connectivity index (χ1n) is 5.75. The van der Waals surface area contributed by atoms with Gasteiger partial charge in [0.1, 0.15) is 0 Å². The number of hydrogen-bond donors (Lipinski definition) is 1. The molecule has 0 spiro atoms. The van der Waals surface area contributed by atoms with Crippen molar-refractivity contribution in [2.24, 2.45) is 5.92 Å². The zero-order valence-corrected chi connectivity index (χ0v) is 9.68. The summed E-state index contributed by atoms with van der Waals surface area (Å²) in [5.41, 5.74) is 1.44. The second-order valence-electron chi connectivity index (χ2n) is 4.26. The van der Waals surface area contributed by atoms with Crippen molar-refractivity contribution in [3.8, 4) is 0 Å². The third kappa shape index (κ3) is 3.33. The maximum absolute atomic E-state index is 5.38. The molecule has 0 aromatic carbocycles. The van der Waals surface area contributed by atoms with E-state index < -0.39 is 0 Å². The maximum atomic E-state index is 5.38. The first-order valence-corrected chi connectivity index (χ1v) is 5.75. The largest absolute Gasteiger partial charge is 0.501 e. The monoisotopic (exact) mass is 197 g/mol. The summed E-state index contributed by atoms with van der Waals surface area (Å²) >= 11 is 0. The van der Waals surface area contributed by atoms with Crippen LogP contribution >= 0.6 is 0 Å². The predicted octanol–water partition coefficient (Wildman–Crippen LogP) is 2.70. The summed E-state index contributed by atoms with van der Waals surface area (Å²) in [5, 5.41) is 3.39. The zero-order chi connectivity index (χ0) is 10.4.